The van der Waals surface area contributed by atoms with Crippen LogP contribution in [0.5, 0.6) is 0 Å². The van der Waals surface area contributed by atoms with Crippen molar-refractivity contribution in [2.24, 2.45) is 0 Å². The van der Waals surface area contributed by atoms with Crippen molar-refractivity contribution in [3.05, 3.63) is 79.9 Å². The second-order valence-corrected chi connectivity index (χ2v) is 13.1. The van der Waals surface area contributed by atoms with E-state index in [1.165, 1.54) is 45.5 Å². The van der Waals surface area contributed by atoms with E-state index in [0.29, 0.717) is 9.52 Å². The zero-order valence-electron chi connectivity index (χ0n) is 17.1. The first-order chi connectivity index (χ1) is 13.4. The third-order valence-corrected chi connectivity index (χ3v) is 7.22. The van der Waals surface area contributed by atoms with Crippen LogP contribution in [0.25, 0.3) is 12.2 Å². The van der Waals surface area contributed by atoms with E-state index in [0.717, 1.165) is 12.8 Å². The van der Waals surface area contributed by atoms with Gasteiger partial charge in [0.25, 0.3) is 0 Å². The average molecular weight is 506 g/mol. The number of aryl methyl sites for hydroxylation is 2. The molecule has 0 aromatic heterocycles. The Hall–Kier alpha value is -0.400. The molecule has 0 spiro atoms. The van der Waals surface area contributed by atoms with Crippen molar-refractivity contribution in [2.75, 3.05) is 0 Å². The fourth-order valence-electron chi connectivity index (χ4n) is 4.39. The van der Waals surface area contributed by atoms with Gasteiger partial charge in [-0.2, -0.15) is 0 Å². The summed E-state index contributed by atoms with van der Waals surface area (Å²) in [6.45, 7) is 9.02. The molecule has 2 aromatic carbocycles. The topological polar surface area (TPSA) is 0 Å². The van der Waals surface area contributed by atoms with Crippen molar-refractivity contribution in [2.45, 2.75) is 52.6 Å². The second kappa shape index (κ2) is 10.1. The normalized spacial score (nSPS) is 13.9. The van der Waals surface area contributed by atoms with Gasteiger partial charge in [0, 0.05) is 9.52 Å². The standard InChI is InChI=1S/C24H27Si.2ClH.Zr/c1-15-9-21-17(3)5-7-19(23(21)11-15)13-25-14-20-8-6-18(4)22-10-16(2)12-24(20)22;;;/h5-10,25H,11-14H2,1-4H3;2*1H;/q;;;+2/p-2. The van der Waals surface area contributed by atoms with Gasteiger partial charge in [-0.25, -0.2) is 0 Å². The molecule has 0 N–H and O–H groups in total. The maximum atomic E-state index is 4.93. The Morgan fingerprint density at radius 1 is 0.750 bits per heavy atom. The van der Waals surface area contributed by atoms with Gasteiger partial charge >= 0.3 is 37.9 Å². The summed E-state index contributed by atoms with van der Waals surface area (Å²) in [6, 6.07) is 12.0. The number of rotatable bonds is 4. The summed E-state index contributed by atoms with van der Waals surface area (Å²) >= 11 is -0.826. The van der Waals surface area contributed by atoms with Crippen LogP contribution in [0.3, 0.4) is 0 Å². The third kappa shape index (κ3) is 5.01. The summed E-state index contributed by atoms with van der Waals surface area (Å²) < 4.78 is 0. The number of hydrogen-bond donors (Lipinski definition) is 0. The van der Waals surface area contributed by atoms with Gasteiger partial charge in [-0.1, -0.05) is 47.6 Å². The van der Waals surface area contributed by atoms with Crippen molar-refractivity contribution >= 4 is 38.7 Å². The zero-order valence-corrected chi connectivity index (χ0v) is 22.3. The molecule has 4 heteroatoms. The summed E-state index contributed by atoms with van der Waals surface area (Å²) in [5.41, 5.74) is 15.3. The molecule has 0 saturated heterocycles. The van der Waals surface area contributed by atoms with Crippen LogP contribution in [0.2, 0.25) is 0 Å². The van der Waals surface area contributed by atoms with Crippen LogP contribution in [-0.2, 0) is 45.8 Å². The predicted octanol–water partition coefficient (Wildman–Crippen LogP) is 6.74. The molecule has 2 aliphatic rings. The molecule has 145 valence electrons. The van der Waals surface area contributed by atoms with E-state index in [-0.39, 0.29) is 0 Å². The Bertz CT molecular complexity index is 869. The summed E-state index contributed by atoms with van der Waals surface area (Å²) in [6.07, 6.45) is 7.11. The SMILES string of the molecule is CC1=Cc2c(C)ccc(C[SiH]Cc3ccc(C)c4c3CC(C)=C4)c2C1.[Cl][Zr][Cl]. The Labute approximate surface area is 190 Å². The van der Waals surface area contributed by atoms with Crippen molar-refractivity contribution in [1.29, 1.82) is 0 Å². The van der Waals surface area contributed by atoms with Gasteiger partial charge in [0.1, 0.15) is 0 Å². The molecule has 4 rings (SSSR count). The molecule has 2 aromatic rings. The van der Waals surface area contributed by atoms with E-state index >= 15 is 0 Å². The van der Waals surface area contributed by atoms with E-state index in [2.05, 4.69) is 64.1 Å². The Morgan fingerprint density at radius 3 is 1.54 bits per heavy atom. The van der Waals surface area contributed by atoms with Gasteiger partial charge in [-0.05, 0) is 97.1 Å². The van der Waals surface area contributed by atoms with Crippen LogP contribution in [0.1, 0.15) is 58.4 Å². The number of hydrogen-bond acceptors (Lipinski definition) is 0. The molecule has 28 heavy (non-hydrogen) atoms. The van der Waals surface area contributed by atoms with Crippen LogP contribution in [0, 0.1) is 13.8 Å². The number of allylic oxidation sites excluding steroid dienone is 2. The van der Waals surface area contributed by atoms with Crippen LogP contribution in [-0.4, -0.2) is 9.52 Å². The fraction of sp³-hybridized carbons (Fsp3) is 0.333. The molecule has 0 saturated carbocycles. The van der Waals surface area contributed by atoms with Gasteiger partial charge in [0.15, 0.2) is 0 Å². The Balaban J connectivity index is 0.000000706. The molecule has 0 fully saturated rings. The average Bonchev–Trinajstić information content (AvgIpc) is 3.23. The van der Waals surface area contributed by atoms with Gasteiger partial charge in [-0.15, -0.1) is 0 Å². The van der Waals surface area contributed by atoms with E-state index in [9.17, 15) is 0 Å². The van der Waals surface area contributed by atoms with Crippen molar-refractivity contribution in [3.63, 3.8) is 0 Å². The summed E-state index contributed by atoms with van der Waals surface area (Å²) in [5.74, 6) is 0. The fourth-order valence-corrected chi connectivity index (χ4v) is 5.92. The molecular weight excluding hydrogens is 478 g/mol. The molecule has 1 radical (unpaired) electrons. The third-order valence-electron chi connectivity index (χ3n) is 5.77. The van der Waals surface area contributed by atoms with Crippen molar-refractivity contribution < 1.29 is 20.8 Å². The summed E-state index contributed by atoms with van der Waals surface area (Å²) in [7, 11) is 10.3. The minimum absolute atomic E-state index is 0.419. The zero-order chi connectivity index (χ0) is 20.3. The summed E-state index contributed by atoms with van der Waals surface area (Å²) in [5, 5.41) is 0. The molecule has 2 aliphatic carbocycles. The molecule has 0 heterocycles. The molecule has 0 unspecified atom stereocenters. The van der Waals surface area contributed by atoms with Crippen LogP contribution >= 0.6 is 17.0 Å². The molecule has 0 amide bonds. The molecule has 0 aliphatic heterocycles. The summed E-state index contributed by atoms with van der Waals surface area (Å²) in [4.78, 5) is 0. The molecule has 0 nitrogen and oxygen atoms in total. The van der Waals surface area contributed by atoms with Crippen molar-refractivity contribution in [1.82, 2.24) is 0 Å². The van der Waals surface area contributed by atoms with Crippen LogP contribution in [0.15, 0.2) is 35.4 Å². The Morgan fingerprint density at radius 2 is 1.14 bits per heavy atom. The minimum atomic E-state index is -0.826. The quantitative estimate of drug-likeness (QED) is 0.404. The number of halogens is 2. The second-order valence-electron chi connectivity index (χ2n) is 7.97. The van der Waals surface area contributed by atoms with Gasteiger partial charge in [0.2, 0.25) is 0 Å². The van der Waals surface area contributed by atoms with E-state index in [4.69, 9.17) is 17.0 Å². The number of benzene rings is 2. The van der Waals surface area contributed by atoms with Gasteiger partial charge in [0.05, 0.1) is 0 Å². The maximum absolute atomic E-state index is 4.93. The van der Waals surface area contributed by atoms with E-state index in [1.807, 2.05) is 0 Å². The molecule has 0 bridgehead atoms. The van der Waals surface area contributed by atoms with Gasteiger partial charge in [-0.3, -0.25) is 0 Å². The monoisotopic (exact) mass is 503 g/mol. The Kier molecular flexibility index (Phi) is 8.02. The molecule has 0 atom stereocenters. The van der Waals surface area contributed by atoms with Crippen LogP contribution < -0.4 is 0 Å². The van der Waals surface area contributed by atoms with Gasteiger partial charge < -0.3 is 0 Å². The van der Waals surface area contributed by atoms with E-state index in [1.54, 1.807) is 22.3 Å². The molecular formula is C24H27Cl2SiZr. The first-order valence-electron chi connectivity index (χ1n) is 9.79. The van der Waals surface area contributed by atoms with E-state index < -0.39 is 20.8 Å². The predicted molar refractivity (Wildman–Crippen MR) is 123 cm³/mol. The first-order valence-corrected chi connectivity index (χ1v) is 17.8. The number of fused-ring (bicyclic) bond motifs is 2. The van der Waals surface area contributed by atoms with Crippen molar-refractivity contribution in [3.8, 4) is 0 Å². The first kappa shape index (κ1) is 22.3. The van der Waals surface area contributed by atoms with Crippen LogP contribution in [0.4, 0.5) is 0 Å².